The largest absolute Gasteiger partial charge is 1.00 e. The van der Waals surface area contributed by atoms with Gasteiger partial charge < -0.3 is 31.3 Å². The van der Waals surface area contributed by atoms with Crippen molar-refractivity contribution in [2.45, 2.75) is 56.3 Å². The molecule has 2 aliphatic rings. The van der Waals surface area contributed by atoms with Gasteiger partial charge in [-0.05, 0) is 5.56 Å². The number of aliphatic hydroxyl groups excluding tert-OH is 1. The fourth-order valence-corrected chi connectivity index (χ4v) is 5.27. The van der Waals surface area contributed by atoms with Gasteiger partial charge in [-0.15, -0.1) is 0 Å². The zero-order valence-corrected chi connectivity index (χ0v) is 18.5. The molecule has 0 aliphatic carbocycles. The maximum atomic E-state index is 12.7. The molecule has 2 bridgehead atoms. The number of benzene rings is 2. The predicted molar refractivity (Wildman–Crippen MR) is 109 cm³/mol. The van der Waals surface area contributed by atoms with Crippen LogP contribution in [-0.4, -0.2) is 47.4 Å². The highest BCUT2D eigenvalue weighted by Crippen LogP contribution is 2.43. The summed E-state index contributed by atoms with van der Waals surface area (Å²) in [4.78, 5) is 12.7. The standard InChI is InChI=1S/C24H30NO3.BrH/c1-25(16-18-8-4-2-5-9-18)20-12-13-21(25)15-22(14-20)28-24(27)23(17-26)19-10-6-3-7-11-19;/h2-11,20-23,26H,12-17H2,1H3;1H/q+1;/p-1. The number of carbonyl (C=O) groups excluding carboxylic acids is 1. The van der Waals surface area contributed by atoms with Crippen molar-refractivity contribution >= 4 is 5.97 Å². The maximum absolute atomic E-state index is 12.7. The molecule has 2 aromatic rings. The Kier molecular flexibility index (Phi) is 7.14. The molecule has 3 unspecified atom stereocenters. The summed E-state index contributed by atoms with van der Waals surface area (Å²) in [5.74, 6) is -0.886. The molecule has 0 amide bonds. The lowest BCUT2D eigenvalue weighted by Crippen LogP contribution is -3.00. The smallest absolute Gasteiger partial charge is 0.316 e. The average Bonchev–Trinajstić information content (AvgIpc) is 2.87. The maximum Gasteiger partial charge on any atom is 0.316 e. The minimum absolute atomic E-state index is 0. The van der Waals surface area contributed by atoms with Crippen LogP contribution in [0, 0.1) is 0 Å². The molecule has 29 heavy (non-hydrogen) atoms. The van der Waals surface area contributed by atoms with Crippen LogP contribution >= 0.6 is 0 Å². The molecule has 2 fully saturated rings. The second kappa shape index (κ2) is 9.41. The Morgan fingerprint density at radius 3 is 2.14 bits per heavy atom. The van der Waals surface area contributed by atoms with Crippen LogP contribution < -0.4 is 17.0 Å². The number of fused-ring (bicyclic) bond motifs is 2. The van der Waals surface area contributed by atoms with Gasteiger partial charge in [-0.25, -0.2) is 0 Å². The van der Waals surface area contributed by atoms with Crippen LogP contribution in [0.15, 0.2) is 60.7 Å². The van der Waals surface area contributed by atoms with Crippen molar-refractivity contribution in [3.05, 3.63) is 71.8 Å². The zero-order valence-electron chi connectivity index (χ0n) is 16.9. The van der Waals surface area contributed by atoms with E-state index in [2.05, 4.69) is 37.4 Å². The molecule has 2 heterocycles. The highest BCUT2D eigenvalue weighted by atomic mass is 79.9. The summed E-state index contributed by atoms with van der Waals surface area (Å²) in [6.07, 6.45) is 4.19. The quantitative estimate of drug-likeness (QED) is 0.509. The first-order chi connectivity index (χ1) is 13.6. The third kappa shape index (κ3) is 4.57. The first kappa shape index (κ1) is 22.0. The molecule has 4 nitrogen and oxygen atoms in total. The van der Waals surface area contributed by atoms with Crippen molar-refractivity contribution in [2.24, 2.45) is 0 Å². The average molecular weight is 460 g/mol. The fraction of sp³-hybridized carbons (Fsp3) is 0.458. The van der Waals surface area contributed by atoms with E-state index in [0.29, 0.717) is 12.1 Å². The molecular formula is C24H30BrNO3. The van der Waals surface area contributed by atoms with Crippen LogP contribution in [0.1, 0.15) is 42.7 Å². The van der Waals surface area contributed by atoms with Gasteiger partial charge in [-0.1, -0.05) is 60.7 Å². The summed E-state index contributed by atoms with van der Waals surface area (Å²) in [6, 6.07) is 21.2. The Labute approximate surface area is 183 Å². The number of carbonyl (C=O) groups is 1. The number of hydrogen-bond acceptors (Lipinski definition) is 3. The van der Waals surface area contributed by atoms with Gasteiger partial charge in [0, 0.05) is 31.2 Å². The summed E-state index contributed by atoms with van der Waals surface area (Å²) >= 11 is 0. The molecule has 156 valence electrons. The number of ether oxygens (including phenoxy) is 1. The Morgan fingerprint density at radius 2 is 1.59 bits per heavy atom. The first-order valence-corrected chi connectivity index (χ1v) is 10.4. The van der Waals surface area contributed by atoms with Crippen LogP contribution in [0.5, 0.6) is 0 Å². The van der Waals surface area contributed by atoms with E-state index in [1.165, 1.54) is 18.4 Å². The number of nitrogens with zero attached hydrogens (tertiary/aromatic N) is 1. The Bertz CT molecular complexity index is 784. The molecule has 0 saturated carbocycles. The molecule has 4 rings (SSSR count). The molecule has 5 heteroatoms. The van der Waals surface area contributed by atoms with Gasteiger partial charge in [0.25, 0.3) is 0 Å². The van der Waals surface area contributed by atoms with Crippen molar-refractivity contribution in [1.82, 2.24) is 0 Å². The summed E-state index contributed by atoms with van der Waals surface area (Å²) < 4.78 is 6.97. The molecule has 2 aliphatic heterocycles. The van der Waals surface area contributed by atoms with E-state index < -0.39 is 5.92 Å². The van der Waals surface area contributed by atoms with Gasteiger partial charge in [-0.2, -0.15) is 0 Å². The van der Waals surface area contributed by atoms with Crippen LogP contribution in [0.4, 0.5) is 0 Å². The number of aliphatic hydroxyl groups is 1. The topological polar surface area (TPSA) is 46.5 Å². The van der Waals surface area contributed by atoms with Crippen LogP contribution in [0.3, 0.4) is 0 Å². The summed E-state index contributed by atoms with van der Waals surface area (Å²) in [5, 5.41) is 9.74. The molecule has 0 spiro atoms. The van der Waals surface area contributed by atoms with Crippen molar-refractivity contribution < 1.29 is 36.1 Å². The van der Waals surface area contributed by atoms with E-state index in [-0.39, 0.29) is 35.7 Å². The monoisotopic (exact) mass is 459 g/mol. The van der Waals surface area contributed by atoms with E-state index >= 15 is 0 Å². The van der Waals surface area contributed by atoms with Crippen molar-refractivity contribution in [2.75, 3.05) is 13.7 Å². The van der Waals surface area contributed by atoms with Crippen molar-refractivity contribution in [3.8, 4) is 0 Å². The van der Waals surface area contributed by atoms with Gasteiger partial charge in [0.2, 0.25) is 0 Å². The number of piperidine rings is 1. The van der Waals surface area contributed by atoms with E-state index in [1.807, 2.05) is 30.3 Å². The van der Waals surface area contributed by atoms with Gasteiger partial charge in [0.15, 0.2) is 0 Å². The van der Waals surface area contributed by atoms with Gasteiger partial charge in [0.05, 0.1) is 25.7 Å². The third-order valence-corrected chi connectivity index (χ3v) is 6.89. The van der Waals surface area contributed by atoms with Gasteiger partial charge >= 0.3 is 5.97 Å². The summed E-state index contributed by atoms with van der Waals surface area (Å²) in [5.41, 5.74) is 2.19. The van der Waals surface area contributed by atoms with Crippen LogP contribution in [-0.2, 0) is 16.1 Å². The number of hydrogen-bond donors (Lipinski definition) is 1. The molecule has 2 aromatic carbocycles. The number of halogens is 1. The van der Waals surface area contributed by atoms with Crippen LogP contribution in [0.2, 0.25) is 0 Å². The van der Waals surface area contributed by atoms with Crippen LogP contribution in [0.25, 0.3) is 0 Å². The first-order valence-electron chi connectivity index (χ1n) is 10.4. The lowest BCUT2D eigenvalue weighted by atomic mass is 9.95. The van der Waals surface area contributed by atoms with Crippen molar-refractivity contribution in [1.29, 1.82) is 0 Å². The van der Waals surface area contributed by atoms with E-state index in [1.54, 1.807) is 0 Å². The summed E-state index contributed by atoms with van der Waals surface area (Å²) in [6.45, 7) is 0.824. The Morgan fingerprint density at radius 1 is 1.03 bits per heavy atom. The minimum atomic E-state index is -0.592. The normalized spacial score (nSPS) is 29.0. The number of quaternary nitrogens is 1. The van der Waals surface area contributed by atoms with Gasteiger partial charge in [0.1, 0.15) is 18.6 Å². The third-order valence-electron chi connectivity index (χ3n) is 6.89. The highest BCUT2D eigenvalue weighted by Gasteiger charge is 2.52. The minimum Gasteiger partial charge on any atom is -1.00 e. The molecule has 0 aromatic heterocycles. The second-order valence-electron chi connectivity index (χ2n) is 8.55. The molecule has 3 atom stereocenters. The molecule has 2 saturated heterocycles. The number of rotatable bonds is 6. The molecule has 0 radical (unpaired) electrons. The highest BCUT2D eigenvalue weighted by molar-refractivity contribution is 5.78. The summed E-state index contributed by atoms with van der Waals surface area (Å²) in [7, 11) is 2.37. The van der Waals surface area contributed by atoms with E-state index in [4.69, 9.17) is 4.74 Å². The molecular weight excluding hydrogens is 430 g/mol. The number of esters is 1. The predicted octanol–water partition coefficient (Wildman–Crippen LogP) is 0.650. The van der Waals surface area contributed by atoms with E-state index in [0.717, 1.165) is 29.4 Å². The second-order valence-corrected chi connectivity index (χ2v) is 8.55. The lowest BCUT2D eigenvalue weighted by molar-refractivity contribution is -0.961. The SMILES string of the molecule is C[N+]1(Cc2ccccc2)C2CCC1CC(OC(=O)C(CO)c1ccccc1)C2.[Br-]. The Balaban J connectivity index is 0.00000240. The fourth-order valence-electron chi connectivity index (χ4n) is 5.27. The van der Waals surface area contributed by atoms with Gasteiger partial charge in [-0.3, -0.25) is 4.79 Å². The zero-order chi connectivity index (χ0) is 19.6. The molecule has 1 N–H and O–H groups in total. The Hall–Kier alpha value is -1.69. The van der Waals surface area contributed by atoms with Crippen molar-refractivity contribution in [3.63, 3.8) is 0 Å². The lowest BCUT2D eigenvalue weighted by Gasteiger charge is -2.47. The van der Waals surface area contributed by atoms with E-state index in [9.17, 15) is 9.90 Å².